The lowest BCUT2D eigenvalue weighted by atomic mass is 10.3. The molecule has 3 aromatic rings. The van der Waals surface area contributed by atoms with E-state index in [-0.39, 0.29) is 16.6 Å². The number of aromatic nitrogens is 3. The molecule has 4 rings (SSSR count). The number of hydrogen-bond donors (Lipinski definition) is 1. The summed E-state index contributed by atoms with van der Waals surface area (Å²) in [5, 5.41) is 2.96. The van der Waals surface area contributed by atoms with Crippen molar-refractivity contribution >= 4 is 29.1 Å². The third kappa shape index (κ3) is 4.44. The number of anilines is 2. The minimum atomic E-state index is -0.463. The summed E-state index contributed by atoms with van der Waals surface area (Å²) < 4.78 is 11.0. The van der Waals surface area contributed by atoms with Crippen LogP contribution >= 0.6 is 11.6 Å². The number of rotatable bonds is 6. The predicted molar refractivity (Wildman–Crippen MR) is 114 cm³/mol. The van der Waals surface area contributed by atoms with Crippen LogP contribution in [0, 0.1) is 0 Å². The first-order valence-corrected chi connectivity index (χ1v) is 9.87. The van der Waals surface area contributed by atoms with E-state index in [2.05, 4.69) is 20.3 Å². The van der Waals surface area contributed by atoms with Crippen molar-refractivity contribution in [1.82, 2.24) is 15.0 Å². The third-order valence-electron chi connectivity index (χ3n) is 4.63. The molecule has 0 atom stereocenters. The molecule has 0 spiro atoms. The van der Waals surface area contributed by atoms with Crippen LogP contribution in [-0.2, 0) is 0 Å². The molecule has 0 aliphatic carbocycles. The van der Waals surface area contributed by atoms with Crippen molar-refractivity contribution in [2.75, 3.05) is 30.4 Å². The molecular formula is C21H20ClN5O3. The zero-order valence-electron chi connectivity index (χ0n) is 16.3. The zero-order chi connectivity index (χ0) is 20.9. The summed E-state index contributed by atoms with van der Waals surface area (Å²) in [7, 11) is 1.59. The fourth-order valence-electron chi connectivity index (χ4n) is 3.09. The zero-order valence-corrected chi connectivity index (χ0v) is 17.1. The van der Waals surface area contributed by atoms with E-state index in [0.717, 1.165) is 25.9 Å². The lowest BCUT2D eigenvalue weighted by Gasteiger charge is -2.16. The van der Waals surface area contributed by atoms with Crippen molar-refractivity contribution in [2.24, 2.45) is 0 Å². The van der Waals surface area contributed by atoms with E-state index in [4.69, 9.17) is 21.1 Å². The van der Waals surface area contributed by atoms with Crippen LogP contribution in [-0.4, -0.2) is 41.1 Å². The van der Waals surface area contributed by atoms with Crippen molar-refractivity contribution in [3.8, 4) is 17.4 Å². The Kier molecular flexibility index (Phi) is 5.94. The molecule has 154 valence electrons. The second kappa shape index (κ2) is 8.96. The van der Waals surface area contributed by atoms with Gasteiger partial charge in [0.15, 0.2) is 5.69 Å². The molecule has 0 bridgehead atoms. The Morgan fingerprint density at radius 2 is 1.83 bits per heavy atom. The van der Waals surface area contributed by atoms with Gasteiger partial charge in [-0.05, 0) is 49.2 Å². The lowest BCUT2D eigenvalue weighted by molar-refractivity contribution is 0.102. The predicted octanol–water partition coefficient (Wildman–Crippen LogP) is 4.18. The Hall–Kier alpha value is -3.39. The van der Waals surface area contributed by atoms with Gasteiger partial charge in [-0.2, -0.15) is 0 Å². The average Bonchev–Trinajstić information content (AvgIpc) is 3.31. The fourth-order valence-corrected chi connectivity index (χ4v) is 3.27. The van der Waals surface area contributed by atoms with Crippen LogP contribution < -0.4 is 19.7 Å². The van der Waals surface area contributed by atoms with Crippen molar-refractivity contribution in [2.45, 2.75) is 12.8 Å². The first-order valence-electron chi connectivity index (χ1n) is 9.50. The van der Waals surface area contributed by atoms with Gasteiger partial charge in [0, 0.05) is 19.3 Å². The molecule has 1 saturated heterocycles. The summed E-state index contributed by atoms with van der Waals surface area (Å²) in [5.74, 6) is 1.56. The number of pyridine rings is 1. The fraction of sp³-hybridized carbons (Fsp3) is 0.238. The number of amides is 1. The summed E-state index contributed by atoms with van der Waals surface area (Å²) in [5.41, 5.74) is 0.503. The molecule has 1 aromatic carbocycles. The van der Waals surface area contributed by atoms with Gasteiger partial charge in [0.25, 0.3) is 5.91 Å². The maximum absolute atomic E-state index is 12.9. The molecule has 1 fully saturated rings. The van der Waals surface area contributed by atoms with E-state index >= 15 is 0 Å². The molecule has 30 heavy (non-hydrogen) atoms. The van der Waals surface area contributed by atoms with Crippen LogP contribution in [0.5, 0.6) is 17.4 Å². The monoisotopic (exact) mass is 425 g/mol. The normalized spacial score (nSPS) is 13.2. The number of carbonyl (C=O) groups is 1. The van der Waals surface area contributed by atoms with Crippen molar-refractivity contribution in [3.63, 3.8) is 0 Å². The minimum Gasteiger partial charge on any atom is -0.497 e. The van der Waals surface area contributed by atoms with Crippen LogP contribution in [0.2, 0.25) is 5.02 Å². The topological polar surface area (TPSA) is 89.5 Å². The second-order valence-electron chi connectivity index (χ2n) is 6.65. The van der Waals surface area contributed by atoms with Crippen molar-refractivity contribution in [3.05, 3.63) is 59.5 Å². The Balaban J connectivity index is 1.54. The van der Waals surface area contributed by atoms with E-state index < -0.39 is 5.91 Å². The highest BCUT2D eigenvalue weighted by atomic mass is 35.5. The van der Waals surface area contributed by atoms with Gasteiger partial charge in [-0.25, -0.2) is 15.0 Å². The Labute approximate surface area is 178 Å². The molecule has 0 unspecified atom stereocenters. The summed E-state index contributed by atoms with van der Waals surface area (Å²) in [4.78, 5) is 27.8. The Morgan fingerprint density at radius 1 is 1.10 bits per heavy atom. The summed E-state index contributed by atoms with van der Waals surface area (Å²) in [6.45, 7) is 1.73. The Morgan fingerprint density at radius 3 is 2.57 bits per heavy atom. The SMILES string of the molecule is COc1ccc(Oc2ncccc2NC(=O)c2nc(N3CCCC3)ncc2Cl)cc1. The molecule has 9 heteroatoms. The molecule has 0 radical (unpaired) electrons. The van der Waals surface area contributed by atoms with E-state index in [9.17, 15) is 4.79 Å². The number of hydrogen-bond acceptors (Lipinski definition) is 7. The molecule has 1 N–H and O–H groups in total. The van der Waals surface area contributed by atoms with Crippen LogP contribution in [0.15, 0.2) is 48.8 Å². The van der Waals surface area contributed by atoms with Crippen molar-refractivity contribution in [1.29, 1.82) is 0 Å². The molecule has 2 aromatic heterocycles. The van der Waals surface area contributed by atoms with E-state index in [0.29, 0.717) is 23.1 Å². The number of ether oxygens (including phenoxy) is 2. The second-order valence-corrected chi connectivity index (χ2v) is 7.06. The number of nitrogens with one attached hydrogen (secondary N) is 1. The number of carbonyl (C=O) groups excluding carboxylic acids is 1. The highest BCUT2D eigenvalue weighted by molar-refractivity contribution is 6.34. The van der Waals surface area contributed by atoms with Crippen LogP contribution in [0.3, 0.4) is 0 Å². The molecule has 1 amide bonds. The maximum Gasteiger partial charge on any atom is 0.276 e. The number of methoxy groups -OCH3 is 1. The van der Waals surface area contributed by atoms with Crippen LogP contribution in [0.25, 0.3) is 0 Å². The number of benzene rings is 1. The van der Waals surface area contributed by atoms with Crippen LogP contribution in [0.1, 0.15) is 23.3 Å². The minimum absolute atomic E-state index is 0.104. The Bertz CT molecular complexity index is 1040. The lowest BCUT2D eigenvalue weighted by Crippen LogP contribution is -2.23. The summed E-state index contributed by atoms with van der Waals surface area (Å²) in [6.07, 6.45) is 5.19. The highest BCUT2D eigenvalue weighted by Crippen LogP contribution is 2.29. The van der Waals surface area contributed by atoms with Crippen molar-refractivity contribution < 1.29 is 14.3 Å². The molecular weight excluding hydrogens is 406 g/mol. The third-order valence-corrected chi connectivity index (χ3v) is 4.91. The van der Waals surface area contributed by atoms with E-state index in [1.54, 1.807) is 49.7 Å². The first kappa shape index (κ1) is 19.9. The van der Waals surface area contributed by atoms with Gasteiger partial charge in [-0.3, -0.25) is 4.79 Å². The van der Waals surface area contributed by atoms with Crippen LogP contribution in [0.4, 0.5) is 11.6 Å². The number of halogens is 1. The van der Waals surface area contributed by atoms with Gasteiger partial charge in [0.1, 0.15) is 17.2 Å². The quantitative estimate of drug-likeness (QED) is 0.633. The average molecular weight is 426 g/mol. The molecule has 0 saturated carbocycles. The largest absolute Gasteiger partial charge is 0.497 e. The molecule has 1 aliphatic heterocycles. The van der Waals surface area contributed by atoms with E-state index in [1.165, 1.54) is 6.20 Å². The van der Waals surface area contributed by atoms with Gasteiger partial charge in [0.05, 0.1) is 18.3 Å². The van der Waals surface area contributed by atoms with E-state index in [1.807, 2.05) is 4.90 Å². The first-order chi connectivity index (χ1) is 14.6. The van der Waals surface area contributed by atoms with Gasteiger partial charge in [0.2, 0.25) is 11.8 Å². The van der Waals surface area contributed by atoms with Gasteiger partial charge in [-0.15, -0.1) is 0 Å². The van der Waals surface area contributed by atoms with Gasteiger partial charge < -0.3 is 19.7 Å². The van der Waals surface area contributed by atoms with Gasteiger partial charge >= 0.3 is 0 Å². The smallest absolute Gasteiger partial charge is 0.276 e. The molecule has 8 nitrogen and oxygen atoms in total. The van der Waals surface area contributed by atoms with Gasteiger partial charge in [-0.1, -0.05) is 11.6 Å². The maximum atomic E-state index is 12.9. The summed E-state index contributed by atoms with van der Waals surface area (Å²) in [6, 6.07) is 10.5. The standard InChI is InChI=1S/C21H20ClN5O3/c1-29-14-6-8-15(9-7-14)30-20-17(5-4-10-23-20)25-19(28)18-16(22)13-24-21(26-18)27-11-2-3-12-27/h4-10,13H,2-3,11-12H2,1H3,(H,25,28). The number of nitrogens with zero attached hydrogens (tertiary/aromatic N) is 4. The molecule has 1 aliphatic rings. The highest BCUT2D eigenvalue weighted by Gasteiger charge is 2.21. The summed E-state index contributed by atoms with van der Waals surface area (Å²) >= 11 is 6.20. The molecule has 3 heterocycles.